The molecule has 33 heavy (non-hydrogen) atoms. The number of rotatable bonds is 8. The number of β-amino-alcohol motifs (C(OH)–C–C–N with tert-alkyl or cyclic N) is 1. The lowest BCUT2D eigenvalue weighted by Crippen LogP contribution is -2.32. The summed E-state index contributed by atoms with van der Waals surface area (Å²) in [4.78, 5) is 9.04. The Balaban J connectivity index is 1.75. The standard InChI is InChI=1S/C26H33N5OS/c1-5-29(6-2)20-10-12-21(13-11-20)31-18(3)17-22(19(31)4)25-24(23-9-7-8-14-27-23)28-26(33)30(25)15-16-32/h7-14,17,24-25,32H,5-6,15-16H2,1-4H3,(H,28,33)/t24-,25+/m1/s1. The number of hydrogen-bond donors (Lipinski definition) is 2. The lowest BCUT2D eigenvalue weighted by Gasteiger charge is -2.27. The van der Waals surface area contributed by atoms with Gasteiger partial charge in [-0.2, -0.15) is 0 Å². The van der Waals surface area contributed by atoms with Gasteiger partial charge >= 0.3 is 0 Å². The Morgan fingerprint density at radius 2 is 1.82 bits per heavy atom. The first-order valence-corrected chi connectivity index (χ1v) is 12.0. The van der Waals surface area contributed by atoms with Crippen LogP contribution < -0.4 is 10.2 Å². The first kappa shape index (κ1) is 23.3. The fraction of sp³-hybridized carbons (Fsp3) is 0.385. The summed E-state index contributed by atoms with van der Waals surface area (Å²) in [6, 6.07) is 16.8. The highest BCUT2D eigenvalue weighted by Crippen LogP contribution is 2.41. The molecule has 0 radical (unpaired) electrons. The van der Waals surface area contributed by atoms with Crippen molar-refractivity contribution in [3.05, 3.63) is 77.4 Å². The summed E-state index contributed by atoms with van der Waals surface area (Å²) < 4.78 is 2.30. The maximum Gasteiger partial charge on any atom is 0.170 e. The van der Waals surface area contributed by atoms with Gasteiger partial charge < -0.3 is 24.8 Å². The maximum atomic E-state index is 9.73. The van der Waals surface area contributed by atoms with Gasteiger partial charge in [0.05, 0.1) is 24.4 Å². The quantitative estimate of drug-likeness (QED) is 0.486. The zero-order valence-electron chi connectivity index (χ0n) is 19.8. The van der Waals surface area contributed by atoms with Crippen LogP contribution in [-0.4, -0.2) is 50.9 Å². The van der Waals surface area contributed by atoms with E-state index in [-0.39, 0.29) is 18.7 Å². The van der Waals surface area contributed by atoms with Crippen molar-refractivity contribution in [3.8, 4) is 5.69 Å². The largest absolute Gasteiger partial charge is 0.395 e. The van der Waals surface area contributed by atoms with Crippen molar-refractivity contribution in [3.63, 3.8) is 0 Å². The summed E-state index contributed by atoms with van der Waals surface area (Å²) in [5.74, 6) is 0. The number of benzene rings is 1. The number of nitrogens with zero attached hydrogens (tertiary/aromatic N) is 4. The molecule has 0 spiro atoms. The molecule has 2 N–H and O–H groups in total. The van der Waals surface area contributed by atoms with E-state index < -0.39 is 0 Å². The van der Waals surface area contributed by atoms with Crippen molar-refractivity contribution < 1.29 is 5.11 Å². The van der Waals surface area contributed by atoms with Crippen LogP contribution >= 0.6 is 12.2 Å². The van der Waals surface area contributed by atoms with Gasteiger partial charge in [0, 0.05) is 48.6 Å². The normalized spacial score (nSPS) is 18.0. The van der Waals surface area contributed by atoms with E-state index in [1.165, 1.54) is 22.6 Å². The van der Waals surface area contributed by atoms with Crippen LogP contribution in [0.3, 0.4) is 0 Å². The molecule has 0 unspecified atom stereocenters. The van der Waals surface area contributed by atoms with Gasteiger partial charge in [0.15, 0.2) is 5.11 Å². The van der Waals surface area contributed by atoms with Crippen LogP contribution in [0.4, 0.5) is 5.69 Å². The smallest absolute Gasteiger partial charge is 0.170 e. The van der Waals surface area contributed by atoms with Gasteiger partial charge in [-0.05, 0) is 87.9 Å². The zero-order chi connectivity index (χ0) is 23.5. The molecule has 0 bridgehead atoms. The molecule has 1 aliphatic heterocycles. The van der Waals surface area contributed by atoms with Crippen molar-refractivity contribution in [2.75, 3.05) is 31.1 Å². The van der Waals surface area contributed by atoms with Crippen LogP contribution in [0.5, 0.6) is 0 Å². The van der Waals surface area contributed by atoms with Gasteiger partial charge in [-0.3, -0.25) is 4.98 Å². The number of nitrogens with one attached hydrogen (secondary N) is 1. The van der Waals surface area contributed by atoms with E-state index in [0.717, 1.165) is 24.5 Å². The number of aromatic nitrogens is 2. The molecule has 1 saturated heterocycles. The van der Waals surface area contributed by atoms with Crippen LogP contribution in [0.15, 0.2) is 54.7 Å². The molecule has 0 aliphatic carbocycles. The third-order valence-electron chi connectivity index (χ3n) is 6.56. The molecule has 1 aromatic carbocycles. The van der Waals surface area contributed by atoms with Crippen LogP contribution in [0.2, 0.25) is 0 Å². The monoisotopic (exact) mass is 463 g/mol. The van der Waals surface area contributed by atoms with Crippen LogP contribution in [0, 0.1) is 13.8 Å². The number of thiocarbonyl (C=S) groups is 1. The number of aliphatic hydroxyl groups excluding tert-OH is 1. The number of aryl methyl sites for hydroxylation is 1. The van der Waals surface area contributed by atoms with Crippen LogP contribution in [0.25, 0.3) is 5.69 Å². The van der Waals surface area contributed by atoms with Crippen molar-refractivity contribution >= 4 is 23.0 Å². The summed E-state index contributed by atoms with van der Waals surface area (Å²) >= 11 is 5.66. The predicted molar refractivity (Wildman–Crippen MR) is 138 cm³/mol. The number of hydrogen-bond acceptors (Lipinski definition) is 4. The lowest BCUT2D eigenvalue weighted by atomic mass is 9.97. The first-order chi connectivity index (χ1) is 16.0. The van der Waals surface area contributed by atoms with Gasteiger partial charge in [0.1, 0.15) is 0 Å². The molecule has 3 aromatic rings. The Kier molecular flexibility index (Phi) is 7.00. The van der Waals surface area contributed by atoms with Crippen molar-refractivity contribution in [2.24, 2.45) is 0 Å². The molecule has 3 heterocycles. The average Bonchev–Trinajstić information content (AvgIpc) is 3.31. The van der Waals surface area contributed by atoms with Crippen LogP contribution in [-0.2, 0) is 0 Å². The molecule has 7 heteroatoms. The Morgan fingerprint density at radius 3 is 2.42 bits per heavy atom. The Morgan fingerprint density at radius 1 is 1.09 bits per heavy atom. The molecular weight excluding hydrogens is 430 g/mol. The van der Waals surface area contributed by atoms with E-state index in [9.17, 15) is 5.11 Å². The fourth-order valence-electron chi connectivity index (χ4n) is 4.98. The van der Waals surface area contributed by atoms with Crippen LogP contribution in [0.1, 0.15) is 48.6 Å². The summed E-state index contributed by atoms with van der Waals surface area (Å²) in [6.07, 6.45) is 1.81. The van der Waals surface area contributed by atoms with E-state index in [4.69, 9.17) is 12.2 Å². The summed E-state index contributed by atoms with van der Waals surface area (Å²) in [5.41, 5.74) is 6.85. The Bertz CT molecular complexity index is 1090. The third-order valence-corrected chi connectivity index (χ3v) is 6.92. The summed E-state index contributed by atoms with van der Waals surface area (Å²) in [5, 5.41) is 13.8. The molecule has 1 aliphatic rings. The lowest BCUT2D eigenvalue weighted by molar-refractivity contribution is 0.223. The van der Waals surface area contributed by atoms with Crippen molar-refractivity contribution in [1.82, 2.24) is 19.8 Å². The molecule has 6 nitrogen and oxygen atoms in total. The molecule has 0 saturated carbocycles. The Hall–Kier alpha value is -2.90. The van der Waals surface area contributed by atoms with E-state index >= 15 is 0 Å². The van der Waals surface area contributed by atoms with E-state index in [0.29, 0.717) is 11.7 Å². The van der Waals surface area contributed by atoms with Crippen molar-refractivity contribution in [2.45, 2.75) is 39.8 Å². The second-order valence-corrected chi connectivity index (χ2v) is 8.78. The zero-order valence-corrected chi connectivity index (χ0v) is 20.6. The van der Waals surface area contributed by atoms with E-state index in [1.54, 1.807) is 0 Å². The van der Waals surface area contributed by atoms with E-state index in [2.05, 4.69) is 82.7 Å². The number of pyridine rings is 1. The van der Waals surface area contributed by atoms with Gasteiger partial charge in [-0.15, -0.1) is 0 Å². The topological polar surface area (TPSA) is 56.6 Å². The van der Waals surface area contributed by atoms with Gasteiger partial charge in [0.2, 0.25) is 0 Å². The molecule has 2 atom stereocenters. The molecule has 2 aromatic heterocycles. The minimum Gasteiger partial charge on any atom is -0.395 e. The van der Waals surface area contributed by atoms with Gasteiger partial charge in [-0.25, -0.2) is 0 Å². The average molecular weight is 464 g/mol. The van der Waals surface area contributed by atoms with E-state index in [1.807, 2.05) is 24.4 Å². The molecule has 0 amide bonds. The SMILES string of the molecule is CCN(CC)c1ccc(-n2c(C)cc([C@H]3[C@@H](c4ccccn4)NC(=S)N3CCO)c2C)cc1. The number of anilines is 1. The first-order valence-electron chi connectivity index (χ1n) is 11.6. The summed E-state index contributed by atoms with van der Waals surface area (Å²) in [7, 11) is 0. The third kappa shape index (κ3) is 4.35. The maximum absolute atomic E-state index is 9.73. The minimum absolute atomic E-state index is 0.0405. The Labute approximate surface area is 201 Å². The number of aliphatic hydroxyl groups is 1. The second-order valence-electron chi connectivity index (χ2n) is 8.39. The minimum atomic E-state index is -0.0794. The van der Waals surface area contributed by atoms with Crippen molar-refractivity contribution in [1.29, 1.82) is 0 Å². The molecular formula is C26H33N5OS. The highest BCUT2D eigenvalue weighted by Gasteiger charge is 2.41. The second kappa shape index (κ2) is 9.93. The predicted octanol–water partition coefficient (Wildman–Crippen LogP) is 4.30. The highest BCUT2D eigenvalue weighted by atomic mass is 32.1. The summed E-state index contributed by atoms with van der Waals surface area (Å²) in [6.45, 7) is 11.2. The van der Waals surface area contributed by atoms with Gasteiger partial charge in [-0.1, -0.05) is 6.07 Å². The van der Waals surface area contributed by atoms with Gasteiger partial charge in [0.25, 0.3) is 0 Å². The molecule has 4 rings (SSSR count). The highest BCUT2D eigenvalue weighted by molar-refractivity contribution is 7.80. The molecule has 174 valence electrons. The molecule has 1 fully saturated rings. The fourth-order valence-corrected chi connectivity index (χ4v) is 5.31.